The van der Waals surface area contributed by atoms with Gasteiger partial charge in [0, 0.05) is 6.61 Å². The minimum absolute atomic E-state index is 0.175. The van der Waals surface area contributed by atoms with Gasteiger partial charge in [-0.3, -0.25) is 0 Å². The van der Waals surface area contributed by atoms with E-state index in [2.05, 4.69) is 29.4 Å². The molecule has 1 aromatic heterocycles. The molecule has 1 unspecified atom stereocenters. The fraction of sp³-hybridized carbons (Fsp3) is 0.900. The average molecular weight is 247 g/mol. The van der Waals surface area contributed by atoms with Crippen molar-refractivity contribution in [2.24, 2.45) is 5.92 Å². The number of nitrogens with zero attached hydrogens (tertiary/aromatic N) is 4. The van der Waals surface area contributed by atoms with E-state index in [1.165, 1.54) is 0 Å². The second-order valence-electron chi connectivity index (χ2n) is 4.17. The van der Waals surface area contributed by atoms with Gasteiger partial charge in [0.1, 0.15) is 0 Å². The van der Waals surface area contributed by atoms with Crippen LogP contribution in [-0.4, -0.2) is 33.4 Å². The summed E-state index contributed by atoms with van der Waals surface area (Å²) in [6.45, 7) is 8.26. The van der Waals surface area contributed by atoms with E-state index in [1.54, 1.807) is 4.68 Å². The Morgan fingerprint density at radius 2 is 2.06 bits per heavy atom. The Hall–Kier alpha value is -0.680. The third-order valence-corrected chi connectivity index (χ3v) is 2.40. The molecule has 1 heterocycles. The number of tetrazole rings is 1. The molecule has 1 atom stereocenters. The van der Waals surface area contributed by atoms with Gasteiger partial charge < -0.3 is 4.74 Å². The van der Waals surface area contributed by atoms with Crippen molar-refractivity contribution in [3.63, 3.8) is 0 Å². The molecule has 0 aromatic carbocycles. The maximum atomic E-state index is 5.93. The number of alkyl halides is 1. The largest absolute Gasteiger partial charge is 0.380 e. The van der Waals surface area contributed by atoms with Gasteiger partial charge in [-0.05, 0) is 29.7 Å². The molecule has 0 amide bonds. The highest BCUT2D eigenvalue weighted by molar-refractivity contribution is 6.20. The van der Waals surface area contributed by atoms with Crippen LogP contribution < -0.4 is 0 Å². The summed E-state index contributed by atoms with van der Waals surface area (Å²) in [7, 11) is 0. The van der Waals surface area contributed by atoms with Crippen LogP contribution in [-0.2, 0) is 11.3 Å². The molecule has 92 valence electrons. The lowest BCUT2D eigenvalue weighted by atomic mass is 10.1. The van der Waals surface area contributed by atoms with E-state index in [-0.39, 0.29) is 5.38 Å². The number of aromatic nitrogens is 4. The smallest absolute Gasteiger partial charge is 0.168 e. The molecule has 0 aliphatic heterocycles. The Balaban J connectivity index is 2.24. The maximum absolute atomic E-state index is 5.93. The van der Waals surface area contributed by atoms with E-state index < -0.39 is 0 Å². The molecule has 0 radical (unpaired) electrons. The summed E-state index contributed by atoms with van der Waals surface area (Å²) in [4.78, 5) is 0. The van der Waals surface area contributed by atoms with Crippen molar-refractivity contribution in [1.82, 2.24) is 20.2 Å². The van der Waals surface area contributed by atoms with E-state index >= 15 is 0 Å². The Morgan fingerprint density at radius 1 is 1.31 bits per heavy atom. The molecular weight excluding hydrogens is 228 g/mol. The summed E-state index contributed by atoms with van der Waals surface area (Å²) >= 11 is 5.93. The molecule has 0 saturated heterocycles. The van der Waals surface area contributed by atoms with Crippen molar-refractivity contribution in [3.05, 3.63) is 5.82 Å². The number of hydrogen-bond donors (Lipinski definition) is 0. The zero-order valence-corrected chi connectivity index (χ0v) is 10.8. The van der Waals surface area contributed by atoms with E-state index in [1.807, 2.05) is 6.92 Å². The second-order valence-corrected chi connectivity index (χ2v) is 4.83. The summed E-state index contributed by atoms with van der Waals surface area (Å²) in [5.41, 5.74) is 0. The first kappa shape index (κ1) is 13.4. The quantitative estimate of drug-likeness (QED) is 0.546. The Bertz CT molecular complexity index is 301. The van der Waals surface area contributed by atoms with Crippen molar-refractivity contribution in [3.8, 4) is 0 Å². The van der Waals surface area contributed by atoms with Crippen molar-refractivity contribution in [2.45, 2.75) is 39.1 Å². The van der Waals surface area contributed by atoms with Gasteiger partial charge in [0.25, 0.3) is 0 Å². The molecule has 0 spiro atoms. The molecule has 0 saturated carbocycles. The molecule has 1 aromatic rings. The standard InChI is InChI=1S/C10H19ClN4O/c1-8(2)4-6-16-7-5-15-10(9(3)11)12-13-14-15/h8-9H,4-7H2,1-3H3. The van der Waals surface area contributed by atoms with Crippen molar-refractivity contribution in [2.75, 3.05) is 13.2 Å². The lowest BCUT2D eigenvalue weighted by molar-refractivity contribution is 0.113. The highest BCUT2D eigenvalue weighted by Crippen LogP contribution is 2.14. The van der Waals surface area contributed by atoms with Crippen LogP contribution in [0, 0.1) is 5.92 Å². The fourth-order valence-electron chi connectivity index (χ4n) is 1.23. The Morgan fingerprint density at radius 3 is 2.69 bits per heavy atom. The van der Waals surface area contributed by atoms with Gasteiger partial charge in [-0.1, -0.05) is 13.8 Å². The van der Waals surface area contributed by atoms with Crippen molar-refractivity contribution in [1.29, 1.82) is 0 Å². The van der Waals surface area contributed by atoms with Gasteiger partial charge in [0.15, 0.2) is 5.82 Å². The van der Waals surface area contributed by atoms with Gasteiger partial charge in [0.2, 0.25) is 0 Å². The van der Waals surface area contributed by atoms with Gasteiger partial charge >= 0.3 is 0 Å². The van der Waals surface area contributed by atoms with Crippen LogP contribution in [0.1, 0.15) is 38.4 Å². The minimum Gasteiger partial charge on any atom is -0.380 e. The highest BCUT2D eigenvalue weighted by atomic mass is 35.5. The molecular formula is C10H19ClN4O. The summed E-state index contributed by atoms with van der Waals surface area (Å²) in [6.07, 6.45) is 1.08. The summed E-state index contributed by atoms with van der Waals surface area (Å²) in [6, 6.07) is 0. The Kier molecular flexibility index (Phi) is 5.69. The van der Waals surface area contributed by atoms with Gasteiger partial charge in [0.05, 0.1) is 18.5 Å². The van der Waals surface area contributed by atoms with Crippen LogP contribution >= 0.6 is 11.6 Å². The fourth-order valence-corrected chi connectivity index (χ4v) is 1.38. The monoisotopic (exact) mass is 246 g/mol. The second kappa shape index (κ2) is 6.81. The average Bonchev–Trinajstić information content (AvgIpc) is 2.65. The van der Waals surface area contributed by atoms with Crippen molar-refractivity contribution >= 4 is 11.6 Å². The lowest BCUT2D eigenvalue weighted by Crippen LogP contribution is -2.12. The molecule has 5 nitrogen and oxygen atoms in total. The molecule has 0 aliphatic rings. The lowest BCUT2D eigenvalue weighted by Gasteiger charge is -2.08. The van der Waals surface area contributed by atoms with E-state index in [4.69, 9.17) is 16.3 Å². The number of ether oxygens (including phenoxy) is 1. The number of hydrogen-bond acceptors (Lipinski definition) is 4. The Labute approximate surface area is 101 Å². The number of halogens is 1. The van der Waals surface area contributed by atoms with Crippen molar-refractivity contribution < 1.29 is 4.74 Å². The first-order valence-corrected chi connectivity index (χ1v) is 6.02. The predicted octanol–water partition coefficient (Wildman–Crippen LogP) is 2.04. The molecule has 6 heteroatoms. The highest BCUT2D eigenvalue weighted by Gasteiger charge is 2.10. The van der Waals surface area contributed by atoms with E-state index in [0.717, 1.165) is 13.0 Å². The maximum Gasteiger partial charge on any atom is 0.168 e. The van der Waals surface area contributed by atoms with Crippen LogP contribution in [0.2, 0.25) is 0 Å². The minimum atomic E-state index is -0.175. The molecule has 1 rings (SSSR count). The van der Waals surface area contributed by atoms with Gasteiger partial charge in [-0.2, -0.15) is 0 Å². The molecule has 16 heavy (non-hydrogen) atoms. The van der Waals surface area contributed by atoms with Crippen LogP contribution in [0.4, 0.5) is 0 Å². The van der Waals surface area contributed by atoms with E-state index in [0.29, 0.717) is 24.9 Å². The number of rotatable bonds is 7. The zero-order valence-electron chi connectivity index (χ0n) is 10.1. The first-order chi connectivity index (χ1) is 7.61. The van der Waals surface area contributed by atoms with Crippen LogP contribution in [0.25, 0.3) is 0 Å². The summed E-state index contributed by atoms with van der Waals surface area (Å²) in [5, 5.41) is 11.1. The normalized spacial score (nSPS) is 13.3. The van der Waals surface area contributed by atoms with Crippen LogP contribution in [0.5, 0.6) is 0 Å². The predicted molar refractivity (Wildman–Crippen MR) is 62.4 cm³/mol. The summed E-state index contributed by atoms with van der Waals surface area (Å²) < 4.78 is 7.18. The van der Waals surface area contributed by atoms with E-state index in [9.17, 15) is 0 Å². The molecule has 0 bridgehead atoms. The van der Waals surface area contributed by atoms with Crippen LogP contribution in [0.15, 0.2) is 0 Å². The SMILES string of the molecule is CC(C)CCOCCn1nnnc1C(C)Cl. The third kappa shape index (κ3) is 4.45. The zero-order chi connectivity index (χ0) is 12.0. The topological polar surface area (TPSA) is 52.8 Å². The van der Waals surface area contributed by atoms with Gasteiger partial charge in [-0.15, -0.1) is 16.7 Å². The van der Waals surface area contributed by atoms with Gasteiger partial charge in [-0.25, -0.2) is 4.68 Å². The molecule has 0 aliphatic carbocycles. The first-order valence-electron chi connectivity index (χ1n) is 5.59. The summed E-state index contributed by atoms with van der Waals surface area (Å²) in [5.74, 6) is 1.36. The van der Waals surface area contributed by atoms with Crippen LogP contribution in [0.3, 0.4) is 0 Å². The molecule has 0 N–H and O–H groups in total. The molecule has 0 fully saturated rings. The third-order valence-electron chi connectivity index (χ3n) is 2.20.